The van der Waals surface area contributed by atoms with Crippen LogP contribution in [0.1, 0.15) is 0 Å². The highest BCUT2D eigenvalue weighted by molar-refractivity contribution is 7.98. The Morgan fingerprint density at radius 1 is 1.25 bits per heavy atom. The van der Waals surface area contributed by atoms with E-state index >= 15 is 0 Å². The van der Waals surface area contributed by atoms with Crippen LogP contribution in [0.25, 0.3) is 0 Å². The minimum atomic E-state index is -0.162. The van der Waals surface area contributed by atoms with Crippen LogP contribution in [0, 0.1) is 0 Å². The minimum absolute atomic E-state index is 0.162. The predicted molar refractivity (Wildman–Crippen MR) is 38.7 cm³/mol. The van der Waals surface area contributed by atoms with Gasteiger partial charge in [0.15, 0.2) is 0 Å². The molecule has 2 N–H and O–H groups in total. The maximum Gasteiger partial charge on any atom is 0.334 e. The van der Waals surface area contributed by atoms with Crippen molar-refractivity contribution in [3.63, 3.8) is 0 Å². The molecule has 0 radical (unpaired) electrons. The molecule has 0 aromatic rings. The Kier molecular flexibility index (Phi) is 5.09. The molecule has 0 aliphatic rings. The van der Waals surface area contributed by atoms with Gasteiger partial charge in [0.25, 0.3) is 0 Å². The fourth-order valence-electron chi connectivity index (χ4n) is 0.206. The Hall–Kier alpha value is -0.0300. The van der Waals surface area contributed by atoms with E-state index in [1.165, 1.54) is 23.9 Å². The van der Waals surface area contributed by atoms with Gasteiger partial charge < -0.3 is 0 Å². The lowest BCUT2D eigenvalue weighted by Gasteiger charge is -1.98. The van der Waals surface area contributed by atoms with Gasteiger partial charge in [-0.15, -0.1) is 0 Å². The lowest BCUT2D eigenvalue weighted by Crippen LogP contribution is -2.25. The largest absolute Gasteiger partial charge is 0.334 e. The van der Waals surface area contributed by atoms with Crippen LogP contribution >= 0.6 is 23.9 Å². The molecule has 0 aliphatic heterocycles. The van der Waals surface area contributed by atoms with Gasteiger partial charge in [0.2, 0.25) is 0 Å². The number of urea groups is 1. The zero-order valence-corrected chi connectivity index (χ0v) is 6.36. The quantitative estimate of drug-likeness (QED) is 0.576. The number of hydrogen-bond acceptors (Lipinski definition) is 3. The Morgan fingerprint density at radius 2 is 1.62 bits per heavy atom. The molecular formula is C3H8N2OS2. The SMILES string of the molecule is CSNC(=O)NSC. The molecule has 0 spiro atoms. The van der Waals surface area contributed by atoms with E-state index < -0.39 is 0 Å². The molecule has 0 heterocycles. The second kappa shape index (κ2) is 5.11. The van der Waals surface area contributed by atoms with Crippen molar-refractivity contribution in [1.29, 1.82) is 0 Å². The molecule has 0 bridgehead atoms. The summed E-state index contributed by atoms with van der Waals surface area (Å²) in [6.45, 7) is 0. The molecule has 0 atom stereocenters. The lowest BCUT2D eigenvalue weighted by atomic mass is 11.2. The van der Waals surface area contributed by atoms with Gasteiger partial charge in [0.05, 0.1) is 0 Å². The van der Waals surface area contributed by atoms with E-state index in [-0.39, 0.29) is 6.03 Å². The van der Waals surface area contributed by atoms with E-state index in [2.05, 4.69) is 9.44 Å². The summed E-state index contributed by atoms with van der Waals surface area (Å²) in [5.41, 5.74) is 0. The van der Waals surface area contributed by atoms with E-state index in [9.17, 15) is 4.79 Å². The van der Waals surface area contributed by atoms with E-state index in [1.807, 2.05) is 0 Å². The number of carbonyl (C=O) groups excluding carboxylic acids is 1. The van der Waals surface area contributed by atoms with Crippen molar-refractivity contribution >= 4 is 29.9 Å². The monoisotopic (exact) mass is 152 g/mol. The third kappa shape index (κ3) is 4.14. The predicted octanol–water partition coefficient (Wildman–Crippen LogP) is 0.842. The number of carbonyl (C=O) groups is 1. The third-order valence-corrected chi connectivity index (χ3v) is 1.17. The molecule has 8 heavy (non-hydrogen) atoms. The van der Waals surface area contributed by atoms with Gasteiger partial charge in [-0.1, -0.05) is 23.9 Å². The van der Waals surface area contributed by atoms with Gasteiger partial charge in [-0.2, -0.15) is 0 Å². The first-order valence-electron chi connectivity index (χ1n) is 1.93. The summed E-state index contributed by atoms with van der Waals surface area (Å²) in [6, 6.07) is -0.162. The van der Waals surface area contributed by atoms with Gasteiger partial charge in [0, 0.05) is 12.5 Å². The lowest BCUT2D eigenvalue weighted by molar-refractivity contribution is 0.252. The summed E-state index contributed by atoms with van der Waals surface area (Å²) in [5.74, 6) is 0. The van der Waals surface area contributed by atoms with Gasteiger partial charge in [-0.3, -0.25) is 9.44 Å². The number of nitrogens with one attached hydrogen (secondary N) is 2. The second-order valence-electron chi connectivity index (χ2n) is 0.941. The first-order chi connectivity index (χ1) is 3.81. The van der Waals surface area contributed by atoms with E-state index in [4.69, 9.17) is 0 Å². The molecular weight excluding hydrogens is 144 g/mol. The van der Waals surface area contributed by atoms with Crippen LogP contribution < -0.4 is 9.44 Å². The first-order valence-corrected chi connectivity index (χ1v) is 4.38. The first kappa shape index (κ1) is 7.97. The fourth-order valence-corrected chi connectivity index (χ4v) is 0.744. The summed E-state index contributed by atoms with van der Waals surface area (Å²) in [7, 11) is 0. The van der Waals surface area contributed by atoms with Crippen molar-refractivity contribution in [1.82, 2.24) is 9.44 Å². The zero-order chi connectivity index (χ0) is 6.41. The standard InChI is InChI=1S/C3H8N2OS2/c1-7-4-3(6)5-8-2/h1-2H3,(H2,4,5,6). The van der Waals surface area contributed by atoms with Crippen LogP contribution in [0.2, 0.25) is 0 Å². The van der Waals surface area contributed by atoms with Gasteiger partial charge in [0.1, 0.15) is 0 Å². The molecule has 0 aliphatic carbocycles. The number of amides is 2. The number of hydrogen-bond donors (Lipinski definition) is 2. The highest BCUT2D eigenvalue weighted by atomic mass is 32.2. The molecule has 2 amide bonds. The molecule has 0 saturated carbocycles. The topological polar surface area (TPSA) is 41.1 Å². The molecule has 0 saturated heterocycles. The highest BCUT2D eigenvalue weighted by Gasteiger charge is 1.91. The summed E-state index contributed by atoms with van der Waals surface area (Å²) in [5, 5.41) is 0. The van der Waals surface area contributed by atoms with Crippen LogP contribution in [0.4, 0.5) is 4.79 Å². The fraction of sp³-hybridized carbons (Fsp3) is 0.667. The Balaban J connectivity index is 3.06. The van der Waals surface area contributed by atoms with Crippen LogP contribution in [0.3, 0.4) is 0 Å². The van der Waals surface area contributed by atoms with Crippen molar-refractivity contribution in [2.24, 2.45) is 0 Å². The molecule has 5 heteroatoms. The maximum atomic E-state index is 10.4. The molecule has 3 nitrogen and oxygen atoms in total. The Bertz CT molecular complexity index is 69.7. The zero-order valence-electron chi connectivity index (χ0n) is 4.72. The van der Waals surface area contributed by atoms with Crippen molar-refractivity contribution < 1.29 is 4.79 Å². The van der Waals surface area contributed by atoms with Crippen molar-refractivity contribution in [2.75, 3.05) is 12.5 Å². The normalized spacial score (nSPS) is 8.25. The molecule has 0 rings (SSSR count). The average molecular weight is 152 g/mol. The van der Waals surface area contributed by atoms with Crippen LogP contribution in [-0.4, -0.2) is 18.5 Å². The van der Waals surface area contributed by atoms with E-state index in [1.54, 1.807) is 12.5 Å². The second-order valence-corrected chi connectivity index (χ2v) is 2.17. The van der Waals surface area contributed by atoms with Gasteiger partial charge >= 0.3 is 6.03 Å². The third-order valence-electron chi connectivity index (χ3n) is 0.390. The molecule has 0 unspecified atom stereocenters. The Labute approximate surface area is 57.2 Å². The summed E-state index contributed by atoms with van der Waals surface area (Å²) >= 11 is 2.55. The number of rotatable bonds is 2. The van der Waals surface area contributed by atoms with Crippen molar-refractivity contribution in [2.45, 2.75) is 0 Å². The van der Waals surface area contributed by atoms with Gasteiger partial charge in [-0.25, -0.2) is 4.79 Å². The molecule has 0 aromatic carbocycles. The highest BCUT2D eigenvalue weighted by Crippen LogP contribution is 1.85. The van der Waals surface area contributed by atoms with Crippen LogP contribution in [-0.2, 0) is 0 Å². The average Bonchev–Trinajstić information content (AvgIpc) is 1.68. The van der Waals surface area contributed by atoms with Gasteiger partial charge in [-0.05, 0) is 0 Å². The summed E-state index contributed by atoms with van der Waals surface area (Å²) in [6.07, 6.45) is 3.58. The Morgan fingerprint density at radius 3 is 1.88 bits per heavy atom. The molecule has 0 aromatic heterocycles. The minimum Gasteiger partial charge on any atom is -0.281 e. The molecule has 48 valence electrons. The van der Waals surface area contributed by atoms with Crippen LogP contribution in [0.15, 0.2) is 0 Å². The maximum absolute atomic E-state index is 10.4. The summed E-state index contributed by atoms with van der Waals surface area (Å²) in [4.78, 5) is 10.4. The van der Waals surface area contributed by atoms with Crippen molar-refractivity contribution in [3.05, 3.63) is 0 Å². The van der Waals surface area contributed by atoms with E-state index in [0.29, 0.717) is 0 Å². The van der Waals surface area contributed by atoms with Crippen molar-refractivity contribution in [3.8, 4) is 0 Å². The van der Waals surface area contributed by atoms with E-state index in [0.717, 1.165) is 0 Å². The van der Waals surface area contributed by atoms with Crippen LogP contribution in [0.5, 0.6) is 0 Å². The smallest absolute Gasteiger partial charge is 0.281 e. The molecule has 0 fully saturated rings. The summed E-state index contributed by atoms with van der Waals surface area (Å²) < 4.78 is 4.98.